The molecule has 1 aromatic heterocycles. The standard InChI is InChI=1S/C17H23N3O/c1-5-20(6-2)15-9-7-14(8-10-15)19-17(21)16-11-12(3)18-13(16)4/h7-11,18H,5-6H2,1-4H3,(H,19,21). The first kappa shape index (κ1) is 15.2. The van der Waals surface area contributed by atoms with Gasteiger partial charge in [0, 0.05) is 35.9 Å². The summed E-state index contributed by atoms with van der Waals surface area (Å²) in [4.78, 5) is 17.7. The Hall–Kier alpha value is -2.23. The van der Waals surface area contributed by atoms with Gasteiger partial charge in [-0.1, -0.05) is 0 Å². The molecule has 1 aromatic carbocycles. The first-order valence-electron chi connectivity index (χ1n) is 7.37. The van der Waals surface area contributed by atoms with E-state index >= 15 is 0 Å². The Balaban J connectivity index is 2.10. The third kappa shape index (κ3) is 3.45. The summed E-state index contributed by atoms with van der Waals surface area (Å²) in [5, 5.41) is 2.94. The van der Waals surface area contributed by atoms with Crippen LogP contribution in [0.3, 0.4) is 0 Å². The first-order chi connectivity index (χ1) is 10.0. The molecule has 4 heteroatoms. The van der Waals surface area contributed by atoms with Gasteiger partial charge >= 0.3 is 0 Å². The van der Waals surface area contributed by atoms with E-state index in [0.717, 1.165) is 30.2 Å². The van der Waals surface area contributed by atoms with E-state index in [-0.39, 0.29) is 5.91 Å². The molecule has 2 N–H and O–H groups in total. The fraction of sp³-hybridized carbons (Fsp3) is 0.353. The number of H-pyrrole nitrogens is 1. The van der Waals surface area contributed by atoms with Gasteiger partial charge in [-0.25, -0.2) is 0 Å². The van der Waals surface area contributed by atoms with Crippen LogP contribution in [-0.2, 0) is 0 Å². The number of nitrogens with zero attached hydrogens (tertiary/aromatic N) is 1. The lowest BCUT2D eigenvalue weighted by molar-refractivity contribution is 0.102. The second-order valence-electron chi connectivity index (χ2n) is 5.16. The first-order valence-corrected chi connectivity index (χ1v) is 7.37. The fourth-order valence-electron chi connectivity index (χ4n) is 2.50. The Morgan fingerprint density at radius 3 is 2.24 bits per heavy atom. The van der Waals surface area contributed by atoms with Crippen LogP contribution in [0, 0.1) is 13.8 Å². The Kier molecular flexibility index (Phi) is 4.68. The maximum atomic E-state index is 12.2. The molecule has 112 valence electrons. The van der Waals surface area contributed by atoms with Gasteiger partial charge in [0.1, 0.15) is 0 Å². The average Bonchev–Trinajstić information content (AvgIpc) is 2.81. The van der Waals surface area contributed by atoms with Gasteiger partial charge in [0.15, 0.2) is 0 Å². The molecule has 2 rings (SSSR count). The number of hydrogen-bond donors (Lipinski definition) is 2. The molecule has 0 atom stereocenters. The van der Waals surface area contributed by atoms with E-state index in [1.807, 2.05) is 44.2 Å². The van der Waals surface area contributed by atoms with Crippen molar-refractivity contribution in [3.05, 3.63) is 47.3 Å². The number of carbonyl (C=O) groups is 1. The van der Waals surface area contributed by atoms with E-state index in [1.54, 1.807) is 0 Å². The Morgan fingerprint density at radius 2 is 1.76 bits per heavy atom. The van der Waals surface area contributed by atoms with E-state index in [2.05, 4.69) is 29.0 Å². The van der Waals surface area contributed by atoms with Crippen LogP contribution in [0.1, 0.15) is 35.6 Å². The predicted octanol–water partition coefficient (Wildman–Crippen LogP) is 3.73. The second-order valence-corrected chi connectivity index (χ2v) is 5.16. The highest BCUT2D eigenvalue weighted by atomic mass is 16.1. The Labute approximate surface area is 126 Å². The molecule has 2 aromatic rings. The summed E-state index contributed by atoms with van der Waals surface area (Å²) >= 11 is 0. The SMILES string of the molecule is CCN(CC)c1ccc(NC(=O)c2cc(C)[nH]c2C)cc1. The monoisotopic (exact) mass is 285 g/mol. The highest BCUT2D eigenvalue weighted by Crippen LogP contribution is 2.19. The molecule has 0 aliphatic carbocycles. The number of carbonyl (C=O) groups excluding carboxylic acids is 1. The molecular weight excluding hydrogens is 262 g/mol. The topological polar surface area (TPSA) is 48.1 Å². The molecule has 21 heavy (non-hydrogen) atoms. The molecule has 0 fully saturated rings. The van der Waals surface area contributed by atoms with Crippen LogP contribution in [0.4, 0.5) is 11.4 Å². The molecule has 0 saturated heterocycles. The number of benzene rings is 1. The number of aryl methyl sites for hydroxylation is 2. The number of hydrogen-bond acceptors (Lipinski definition) is 2. The van der Waals surface area contributed by atoms with Gasteiger partial charge in [0.2, 0.25) is 0 Å². The van der Waals surface area contributed by atoms with Crippen molar-refractivity contribution in [3.63, 3.8) is 0 Å². The zero-order valence-corrected chi connectivity index (χ0v) is 13.2. The molecule has 0 radical (unpaired) electrons. The fourth-order valence-corrected chi connectivity index (χ4v) is 2.50. The van der Waals surface area contributed by atoms with Crippen molar-refractivity contribution in [2.45, 2.75) is 27.7 Å². The molecule has 0 bridgehead atoms. The molecule has 1 heterocycles. The number of anilines is 2. The Morgan fingerprint density at radius 1 is 1.14 bits per heavy atom. The maximum absolute atomic E-state index is 12.2. The van der Waals surface area contributed by atoms with Crippen LogP contribution >= 0.6 is 0 Å². The van der Waals surface area contributed by atoms with Gasteiger partial charge in [0.25, 0.3) is 5.91 Å². The molecule has 0 aliphatic rings. The number of nitrogens with one attached hydrogen (secondary N) is 2. The average molecular weight is 285 g/mol. The largest absolute Gasteiger partial charge is 0.372 e. The van der Waals surface area contributed by atoms with Crippen molar-refractivity contribution in [2.75, 3.05) is 23.3 Å². The van der Waals surface area contributed by atoms with E-state index in [1.165, 1.54) is 5.69 Å². The molecule has 0 saturated carbocycles. The highest BCUT2D eigenvalue weighted by Gasteiger charge is 2.11. The van der Waals surface area contributed by atoms with Crippen LogP contribution in [0.15, 0.2) is 30.3 Å². The Bertz CT molecular complexity index is 609. The quantitative estimate of drug-likeness (QED) is 0.879. The minimum Gasteiger partial charge on any atom is -0.372 e. The minimum atomic E-state index is -0.0764. The summed E-state index contributed by atoms with van der Waals surface area (Å²) in [5.41, 5.74) is 4.57. The number of aromatic amines is 1. The number of rotatable bonds is 5. The van der Waals surface area contributed by atoms with Crippen LogP contribution in [0.2, 0.25) is 0 Å². The molecule has 4 nitrogen and oxygen atoms in total. The summed E-state index contributed by atoms with van der Waals surface area (Å²) in [5.74, 6) is -0.0764. The van der Waals surface area contributed by atoms with Crippen LogP contribution in [0.5, 0.6) is 0 Å². The summed E-state index contributed by atoms with van der Waals surface area (Å²) in [6.45, 7) is 10.1. The smallest absolute Gasteiger partial charge is 0.257 e. The summed E-state index contributed by atoms with van der Waals surface area (Å²) in [7, 11) is 0. The van der Waals surface area contributed by atoms with Crippen molar-refractivity contribution >= 4 is 17.3 Å². The third-order valence-corrected chi connectivity index (χ3v) is 3.65. The normalized spacial score (nSPS) is 10.5. The van der Waals surface area contributed by atoms with Gasteiger partial charge in [0.05, 0.1) is 5.56 Å². The van der Waals surface area contributed by atoms with Gasteiger partial charge in [-0.05, 0) is 58.0 Å². The van der Waals surface area contributed by atoms with E-state index in [9.17, 15) is 4.79 Å². The molecule has 0 spiro atoms. The van der Waals surface area contributed by atoms with E-state index < -0.39 is 0 Å². The zero-order valence-electron chi connectivity index (χ0n) is 13.2. The van der Waals surface area contributed by atoms with Crippen molar-refractivity contribution in [3.8, 4) is 0 Å². The summed E-state index contributed by atoms with van der Waals surface area (Å²) in [6, 6.07) is 9.84. The summed E-state index contributed by atoms with van der Waals surface area (Å²) in [6.07, 6.45) is 0. The van der Waals surface area contributed by atoms with Gasteiger partial charge in [-0.2, -0.15) is 0 Å². The number of aromatic nitrogens is 1. The zero-order chi connectivity index (χ0) is 15.4. The van der Waals surface area contributed by atoms with Gasteiger partial charge < -0.3 is 15.2 Å². The van der Waals surface area contributed by atoms with E-state index in [0.29, 0.717) is 5.56 Å². The predicted molar refractivity (Wildman–Crippen MR) is 88.2 cm³/mol. The highest BCUT2D eigenvalue weighted by molar-refractivity contribution is 6.05. The molecule has 0 unspecified atom stereocenters. The van der Waals surface area contributed by atoms with Gasteiger partial charge in [-0.15, -0.1) is 0 Å². The van der Waals surface area contributed by atoms with Gasteiger partial charge in [-0.3, -0.25) is 4.79 Å². The molecule has 0 aliphatic heterocycles. The van der Waals surface area contributed by atoms with Crippen LogP contribution in [-0.4, -0.2) is 24.0 Å². The maximum Gasteiger partial charge on any atom is 0.257 e. The third-order valence-electron chi connectivity index (χ3n) is 3.65. The second kappa shape index (κ2) is 6.48. The minimum absolute atomic E-state index is 0.0764. The van der Waals surface area contributed by atoms with Crippen LogP contribution < -0.4 is 10.2 Å². The van der Waals surface area contributed by atoms with Crippen molar-refractivity contribution in [1.82, 2.24) is 4.98 Å². The lowest BCUT2D eigenvalue weighted by Crippen LogP contribution is -2.21. The van der Waals surface area contributed by atoms with Crippen molar-refractivity contribution < 1.29 is 4.79 Å². The van der Waals surface area contributed by atoms with Crippen molar-refractivity contribution in [1.29, 1.82) is 0 Å². The molecule has 1 amide bonds. The lowest BCUT2D eigenvalue weighted by Gasteiger charge is -2.21. The van der Waals surface area contributed by atoms with Crippen LogP contribution in [0.25, 0.3) is 0 Å². The molecular formula is C17H23N3O. The van der Waals surface area contributed by atoms with E-state index in [4.69, 9.17) is 0 Å². The lowest BCUT2D eigenvalue weighted by atomic mass is 10.2. The number of amides is 1. The summed E-state index contributed by atoms with van der Waals surface area (Å²) < 4.78 is 0. The van der Waals surface area contributed by atoms with Crippen molar-refractivity contribution in [2.24, 2.45) is 0 Å².